The number of methoxy groups -OCH3 is 2. The molecule has 118 valence electrons. The highest BCUT2D eigenvalue weighted by Crippen LogP contribution is 2.35. The fraction of sp³-hybridized carbons (Fsp3) is 0.625. The molecule has 2 rings (SSSR count). The van der Waals surface area contributed by atoms with Crippen molar-refractivity contribution in [3.8, 4) is 11.5 Å². The molecule has 0 heterocycles. The van der Waals surface area contributed by atoms with E-state index in [-0.39, 0.29) is 12.6 Å². The van der Waals surface area contributed by atoms with Gasteiger partial charge in [-0.25, -0.2) is 0 Å². The van der Waals surface area contributed by atoms with E-state index >= 15 is 0 Å². The van der Waals surface area contributed by atoms with Gasteiger partial charge < -0.3 is 25.6 Å². The number of rotatable bonds is 7. The summed E-state index contributed by atoms with van der Waals surface area (Å²) in [5.74, 6) is 1.75. The van der Waals surface area contributed by atoms with Gasteiger partial charge in [-0.05, 0) is 24.8 Å². The summed E-state index contributed by atoms with van der Waals surface area (Å²) in [6, 6.07) is 6.13. The average molecular weight is 294 g/mol. The van der Waals surface area contributed by atoms with Crippen molar-refractivity contribution in [3.05, 3.63) is 23.8 Å². The van der Waals surface area contributed by atoms with E-state index in [2.05, 4.69) is 5.32 Å². The quantitative estimate of drug-likeness (QED) is 0.709. The van der Waals surface area contributed by atoms with E-state index in [4.69, 9.17) is 15.2 Å². The molecule has 5 heteroatoms. The molecule has 1 saturated carbocycles. The minimum atomic E-state index is -0.00722. The van der Waals surface area contributed by atoms with Crippen LogP contribution in [0.15, 0.2) is 18.2 Å². The van der Waals surface area contributed by atoms with Gasteiger partial charge in [0.1, 0.15) is 0 Å². The number of benzene rings is 1. The summed E-state index contributed by atoms with van der Waals surface area (Å²) in [5.41, 5.74) is 6.97. The van der Waals surface area contributed by atoms with E-state index in [9.17, 15) is 5.11 Å². The Bertz CT molecular complexity index is 453. The van der Waals surface area contributed by atoms with Crippen LogP contribution in [0.3, 0.4) is 0 Å². The summed E-state index contributed by atoms with van der Waals surface area (Å²) in [6.07, 6.45) is 3.30. The Hall–Kier alpha value is -1.30. The molecule has 0 radical (unpaired) electrons. The predicted molar refractivity (Wildman–Crippen MR) is 82.7 cm³/mol. The van der Waals surface area contributed by atoms with Gasteiger partial charge >= 0.3 is 0 Å². The first-order valence-corrected chi connectivity index (χ1v) is 7.53. The van der Waals surface area contributed by atoms with Crippen LogP contribution in [0, 0.1) is 5.92 Å². The summed E-state index contributed by atoms with van der Waals surface area (Å²) in [6.45, 7) is 0.697. The average Bonchev–Trinajstić information content (AvgIpc) is 2.98. The highest BCUT2D eigenvalue weighted by Gasteiger charge is 2.29. The topological polar surface area (TPSA) is 76.7 Å². The summed E-state index contributed by atoms with van der Waals surface area (Å²) < 4.78 is 10.8. The van der Waals surface area contributed by atoms with Crippen molar-refractivity contribution < 1.29 is 14.6 Å². The van der Waals surface area contributed by atoms with Gasteiger partial charge in [-0.3, -0.25) is 0 Å². The molecule has 1 aliphatic rings. The lowest BCUT2D eigenvalue weighted by atomic mass is 10.00. The van der Waals surface area contributed by atoms with Crippen LogP contribution in [0.4, 0.5) is 0 Å². The molecule has 0 bridgehead atoms. The maximum Gasteiger partial charge on any atom is 0.165 e. The fourth-order valence-corrected chi connectivity index (χ4v) is 3.20. The lowest BCUT2D eigenvalue weighted by Gasteiger charge is -2.27. The van der Waals surface area contributed by atoms with Gasteiger partial charge in [0, 0.05) is 30.8 Å². The monoisotopic (exact) mass is 294 g/mol. The van der Waals surface area contributed by atoms with Crippen molar-refractivity contribution in [2.24, 2.45) is 11.7 Å². The second kappa shape index (κ2) is 7.64. The lowest BCUT2D eigenvalue weighted by molar-refractivity contribution is 0.199. The van der Waals surface area contributed by atoms with Gasteiger partial charge in [0.05, 0.1) is 14.2 Å². The largest absolute Gasteiger partial charge is 0.493 e. The number of aliphatic hydroxyl groups excluding tert-OH is 1. The Kier molecular flexibility index (Phi) is 5.85. The summed E-state index contributed by atoms with van der Waals surface area (Å²) in [5, 5.41) is 13.0. The molecular formula is C16H26N2O3. The second-order valence-corrected chi connectivity index (χ2v) is 5.52. The highest BCUT2D eigenvalue weighted by molar-refractivity contribution is 5.48. The van der Waals surface area contributed by atoms with Gasteiger partial charge in [0.15, 0.2) is 11.5 Å². The van der Waals surface area contributed by atoms with Crippen molar-refractivity contribution in [2.45, 2.75) is 31.3 Å². The third kappa shape index (κ3) is 3.48. The molecule has 1 aromatic carbocycles. The van der Waals surface area contributed by atoms with Crippen molar-refractivity contribution in [3.63, 3.8) is 0 Å². The van der Waals surface area contributed by atoms with Crippen LogP contribution in [-0.2, 0) is 0 Å². The molecule has 3 unspecified atom stereocenters. The number of hydrogen-bond donors (Lipinski definition) is 3. The van der Waals surface area contributed by atoms with Crippen LogP contribution in [-0.4, -0.2) is 38.5 Å². The zero-order chi connectivity index (χ0) is 15.2. The van der Waals surface area contributed by atoms with Gasteiger partial charge in [-0.1, -0.05) is 18.6 Å². The predicted octanol–water partition coefficient (Wildman–Crippen LogP) is 1.45. The second-order valence-electron chi connectivity index (χ2n) is 5.52. The van der Waals surface area contributed by atoms with E-state index in [0.717, 1.165) is 30.6 Å². The summed E-state index contributed by atoms with van der Waals surface area (Å²) in [7, 11) is 3.27. The Morgan fingerprint density at radius 1 is 1.33 bits per heavy atom. The SMILES string of the molecule is COc1cccc(C(CN)NC2CCCC2CO)c1OC. The molecule has 3 atom stereocenters. The van der Waals surface area contributed by atoms with E-state index in [1.807, 2.05) is 18.2 Å². The van der Waals surface area contributed by atoms with E-state index in [0.29, 0.717) is 24.3 Å². The van der Waals surface area contributed by atoms with E-state index in [1.165, 1.54) is 0 Å². The standard InChI is InChI=1S/C16H26N2O3/c1-20-15-8-4-6-12(16(15)21-2)14(9-17)18-13-7-3-5-11(13)10-19/h4,6,8,11,13-14,18-19H,3,5,7,9-10,17H2,1-2H3. The molecule has 0 aromatic heterocycles. The first-order chi connectivity index (χ1) is 10.2. The third-order valence-corrected chi connectivity index (χ3v) is 4.35. The molecule has 1 aliphatic carbocycles. The Labute approximate surface area is 126 Å². The molecule has 21 heavy (non-hydrogen) atoms. The zero-order valence-electron chi connectivity index (χ0n) is 12.8. The van der Waals surface area contributed by atoms with Crippen LogP contribution in [0.1, 0.15) is 30.9 Å². The highest BCUT2D eigenvalue weighted by atomic mass is 16.5. The first-order valence-electron chi connectivity index (χ1n) is 7.53. The first kappa shape index (κ1) is 16.1. The van der Waals surface area contributed by atoms with Gasteiger partial charge in [-0.15, -0.1) is 0 Å². The molecular weight excluding hydrogens is 268 g/mol. The van der Waals surface area contributed by atoms with Gasteiger partial charge in [0.2, 0.25) is 0 Å². The smallest absolute Gasteiger partial charge is 0.165 e. The normalized spacial score (nSPS) is 23.0. The van der Waals surface area contributed by atoms with E-state index < -0.39 is 0 Å². The Morgan fingerprint density at radius 2 is 2.14 bits per heavy atom. The molecule has 1 aromatic rings. The summed E-state index contributed by atoms with van der Waals surface area (Å²) in [4.78, 5) is 0. The summed E-state index contributed by atoms with van der Waals surface area (Å²) >= 11 is 0. The molecule has 0 saturated heterocycles. The van der Waals surface area contributed by atoms with Crippen LogP contribution < -0.4 is 20.5 Å². The van der Waals surface area contributed by atoms with Crippen molar-refractivity contribution >= 4 is 0 Å². The van der Waals surface area contributed by atoms with Crippen LogP contribution in [0.5, 0.6) is 11.5 Å². The van der Waals surface area contributed by atoms with Crippen LogP contribution >= 0.6 is 0 Å². The van der Waals surface area contributed by atoms with Crippen LogP contribution in [0.2, 0.25) is 0 Å². The Balaban J connectivity index is 2.21. The fourth-order valence-electron chi connectivity index (χ4n) is 3.20. The van der Waals surface area contributed by atoms with Crippen molar-refractivity contribution in [1.29, 1.82) is 0 Å². The minimum Gasteiger partial charge on any atom is -0.493 e. The maximum absolute atomic E-state index is 9.46. The van der Waals surface area contributed by atoms with Crippen LogP contribution in [0.25, 0.3) is 0 Å². The molecule has 0 amide bonds. The van der Waals surface area contributed by atoms with Crippen molar-refractivity contribution in [1.82, 2.24) is 5.32 Å². The Morgan fingerprint density at radius 3 is 2.76 bits per heavy atom. The van der Waals surface area contributed by atoms with Crippen molar-refractivity contribution in [2.75, 3.05) is 27.4 Å². The van der Waals surface area contributed by atoms with Gasteiger partial charge in [-0.2, -0.15) is 0 Å². The minimum absolute atomic E-state index is 0.00722. The molecule has 4 N–H and O–H groups in total. The maximum atomic E-state index is 9.46. The number of nitrogens with two attached hydrogens (primary N) is 1. The molecule has 0 spiro atoms. The number of hydrogen-bond acceptors (Lipinski definition) is 5. The third-order valence-electron chi connectivity index (χ3n) is 4.35. The number of ether oxygens (including phenoxy) is 2. The van der Waals surface area contributed by atoms with E-state index in [1.54, 1.807) is 14.2 Å². The molecule has 5 nitrogen and oxygen atoms in total. The number of nitrogens with one attached hydrogen (secondary N) is 1. The molecule has 0 aliphatic heterocycles. The molecule has 1 fully saturated rings. The number of para-hydroxylation sites is 1. The zero-order valence-corrected chi connectivity index (χ0v) is 12.8. The van der Waals surface area contributed by atoms with Gasteiger partial charge in [0.25, 0.3) is 0 Å². The number of aliphatic hydroxyl groups is 1. The lowest BCUT2D eigenvalue weighted by Crippen LogP contribution is -2.40.